The Morgan fingerprint density at radius 2 is 0.677 bits per heavy atom. The molecule has 0 heterocycles. The van der Waals surface area contributed by atoms with Crippen LogP contribution in [-0.4, -0.2) is 37.2 Å². The van der Waals surface area contributed by atoms with Crippen LogP contribution < -0.4 is 0 Å². The van der Waals surface area contributed by atoms with Crippen LogP contribution in [0.2, 0.25) is 0 Å². The molecular weight excluding hydrogens is 805 g/mol. The predicted molar refractivity (Wildman–Crippen MR) is 278 cm³/mol. The average molecular weight is 893 g/mol. The number of hydrogen-bond donors (Lipinski definition) is 0. The van der Waals surface area contributed by atoms with Crippen LogP contribution in [0.3, 0.4) is 0 Å². The zero-order valence-corrected chi connectivity index (χ0v) is 40.9. The first-order valence-electron chi connectivity index (χ1n) is 25.1. The number of esters is 3. The molecule has 0 bridgehead atoms. The third-order valence-corrected chi connectivity index (χ3v) is 9.75. The summed E-state index contributed by atoms with van der Waals surface area (Å²) < 4.78 is 16.7. The van der Waals surface area contributed by atoms with Gasteiger partial charge in [-0.05, 0) is 89.9 Å². The molecule has 0 amide bonds. The Balaban J connectivity index is 4.66. The van der Waals surface area contributed by atoms with Crippen LogP contribution in [-0.2, 0) is 28.6 Å². The second kappa shape index (κ2) is 51.7. The van der Waals surface area contributed by atoms with Gasteiger partial charge in [0.1, 0.15) is 13.2 Å². The fourth-order valence-electron chi connectivity index (χ4n) is 6.03. The van der Waals surface area contributed by atoms with E-state index in [1.807, 2.05) is 97.2 Å². The van der Waals surface area contributed by atoms with Crippen LogP contribution in [0.5, 0.6) is 0 Å². The smallest absolute Gasteiger partial charge is 0.306 e. The van der Waals surface area contributed by atoms with Gasteiger partial charge in [0, 0.05) is 19.3 Å². The van der Waals surface area contributed by atoms with Crippen molar-refractivity contribution in [3.05, 3.63) is 158 Å². The lowest BCUT2D eigenvalue weighted by molar-refractivity contribution is -0.167. The largest absolute Gasteiger partial charge is 0.462 e. The second-order valence-corrected chi connectivity index (χ2v) is 15.8. The van der Waals surface area contributed by atoms with Gasteiger partial charge in [-0.3, -0.25) is 14.4 Å². The van der Waals surface area contributed by atoms with Crippen molar-refractivity contribution in [1.82, 2.24) is 0 Å². The lowest BCUT2D eigenvalue weighted by atomic mass is 10.1. The summed E-state index contributed by atoms with van der Waals surface area (Å²) in [6.07, 6.45) is 75.1. The number of hydrogen-bond acceptors (Lipinski definition) is 6. The molecule has 360 valence electrons. The Morgan fingerprint density at radius 3 is 1.12 bits per heavy atom. The predicted octanol–water partition coefficient (Wildman–Crippen LogP) is 16.6. The maximum absolute atomic E-state index is 12.8. The van der Waals surface area contributed by atoms with Crippen molar-refractivity contribution in [2.75, 3.05) is 13.2 Å². The highest BCUT2D eigenvalue weighted by atomic mass is 16.6. The third-order valence-electron chi connectivity index (χ3n) is 9.75. The van der Waals surface area contributed by atoms with Crippen LogP contribution in [0.1, 0.15) is 175 Å². The van der Waals surface area contributed by atoms with Crippen LogP contribution in [0.4, 0.5) is 0 Å². The molecule has 65 heavy (non-hydrogen) atoms. The Kier molecular flexibility index (Phi) is 47.7. The minimum atomic E-state index is -0.847. The topological polar surface area (TPSA) is 78.9 Å². The summed E-state index contributed by atoms with van der Waals surface area (Å²) in [5.41, 5.74) is 0. The molecule has 0 aliphatic heterocycles. The molecule has 6 heteroatoms. The fraction of sp³-hybridized carbons (Fsp3) is 0.508. The van der Waals surface area contributed by atoms with Crippen LogP contribution in [0.15, 0.2) is 158 Å². The highest BCUT2D eigenvalue weighted by Gasteiger charge is 2.19. The highest BCUT2D eigenvalue weighted by Crippen LogP contribution is 2.11. The summed E-state index contributed by atoms with van der Waals surface area (Å²) in [6.45, 7) is 6.19. The SMILES string of the molecule is CC/C=C/C=C/C=C/C=C/C=C/C=C/CCCCCC(=O)OCC(COC(=O)CCCCC/C=C/C=C/C=C/C=C/CC)OC(=O)CCC/C=C/C/C=C/C/C=C/CCCCCCCC. The van der Waals surface area contributed by atoms with Crippen molar-refractivity contribution in [2.45, 2.75) is 181 Å². The Bertz CT molecular complexity index is 1540. The van der Waals surface area contributed by atoms with Gasteiger partial charge in [-0.15, -0.1) is 0 Å². The molecule has 0 fully saturated rings. The number of carbonyl (C=O) groups is 3. The fourth-order valence-corrected chi connectivity index (χ4v) is 6.03. The monoisotopic (exact) mass is 893 g/mol. The molecule has 6 nitrogen and oxygen atoms in total. The van der Waals surface area contributed by atoms with E-state index < -0.39 is 12.1 Å². The van der Waals surface area contributed by atoms with E-state index in [9.17, 15) is 14.4 Å². The van der Waals surface area contributed by atoms with Gasteiger partial charge in [-0.2, -0.15) is 0 Å². The van der Waals surface area contributed by atoms with E-state index in [0.29, 0.717) is 19.3 Å². The maximum atomic E-state index is 12.8. The quantitative estimate of drug-likeness (QED) is 0.0200. The van der Waals surface area contributed by atoms with E-state index in [2.05, 4.69) is 81.5 Å². The molecule has 0 aromatic rings. The zero-order chi connectivity index (χ0) is 47.2. The molecule has 0 aliphatic rings. The van der Waals surface area contributed by atoms with Crippen molar-refractivity contribution in [2.24, 2.45) is 0 Å². The van der Waals surface area contributed by atoms with E-state index in [-0.39, 0.29) is 44.4 Å². The van der Waals surface area contributed by atoms with Gasteiger partial charge in [0.15, 0.2) is 6.10 Å². The Labute approximate surface area is 397 Å². The van der Waals surface area contributed by atoms with Crippen molar-refractivity contribution in [1.29, 1.82) is 0 Å². The molecule has 0 saturated heterocycles. The minimum Gasteiger partial charge on any atom is -0.462 e. The standard InChI is InChI=1S/C59H88O6/c1-4-7-10-13-16-19-22-25-27-29-31-34-37-40-43-46-49-52-58(61)64-55-56(54-63-57(60)51-48-45-42-39-36-33-24-21-18-15-12-9-6-3)65-59(62)53-50-47-44-41-38-35-32-30-28-26-23-20-17-14-11-8-5-2/h7,9-10,12-13,15-16,18-19,21-22,24-29,31-37,41,44,56H,4-6,8,11,14,17,20,23,30,38-40,42-43,45-55H2,1-3H3/b10-7+,12-9+,16-13+,18-15+,22-19+,24-21+,27-25+,28-26+,31-29+,35-32+,36-33+,37-34+,44-41+. The molecule has 1 atom stereocenters. The van der Waals surface area contributed by atoms with E-state index in [1.165, 1.54) is 44.9 Å². The van der Waals surface area contributed by atoms with Crippen LogP contribution in [0.25, 0.3) is 0 Å². The zero-order valence-electron chi connectivity index (χ0n) is 40.9. The summed E-state index contributed by atoms with van der Waals surface area (Å²) >= 11 is 0. The second-order valence-electron chi connectivity index (χ2n) is 15.8. The third kappa shape index (κ3) is 49.9. The van der Waals surface area contributed by atoms with Crippen molar-refractivity contribution in [3.63, 3.8) is 0 Å². The Hall–Kier alpha value is -4.97. The number of allylic oxidation sites excluding steroid dienone is 26. The molecule has 0 saturated carbocycles. The Morgan fingerprint density at radius 1 is 0.338 bits per heavy atom. The van der Waals surface area contributed by atoms with Gasteiger partial charge < -0.3 is 14.2 Å². The molecule has 1 unspecified atom stereocenters. The first-order chi connectivity index (χ1) is 32.0. The molecule has 0 aromatic carbocycles. The molecule has 0 N–H and O–H groups in total. The number of unbranched alkanes of at least 4 members (excludes halogenated alkanes) is 13. The first-order valence-corrected chi connectivity index (χ1v) is 25.1. The van der Waals surface area contributed by atoms with Gasteiger partial charge in [0.25, 0.3) is 0 Å². The molecular formula is C59H88O6. The average Bonchev–Trinajstić information content (AvgIpc) is 3.30. The molecule has 0 radical (unpaired) electrons. The van der Waals surface area contributed by atoms with Gasteiger partial charge in [0.2, 0.25) is 0 Å². The summed E-state index contributed by atoms with van der Waals surface area (Å²) in [5, 5.41) is 0. The normalized spacial score (nSPS) is 13.5. The van der Waals surface area contributed by atoms with Crippen molar-refractivity contribution >= 4 is 17.9 Å². The molecule has 0 spiro atoms. The van der Waals surface area contributed by atoms with E-state index in [4.69, 9.17) is 14.2 Å². The van der Waals surface area contributed by atoms with Crippen LogP contribution in [0, 0.1) is 0 Å². The van der Waals surface area contributed by atoms with Gasteiger partial charge in [-0.25, -0.2) is 0 Å². The van der Waals surface area contributed by atoms with E-state index in [1.54, 1.807) is 0 Å². The van der Waals surface area contributed by atoms with Gasteiger partial charge in [-0.1, -0.05) is 224 Å². The number of ether oxygens (including phenoxy) is 3. The van der Waals surface area contributed by atoms with Crippen molar-refractivity contribution < 1.29 is 28.6 Å². The number of carbonyl (C=O) groups excluding carboxylic acids is 3. The van der Waals surface area contributed by atoms with Gasteiger partial charge >= 0.3 is 17.9 Å². The maximum Gasteiger partial charge on any atom is 0.306 e. The number of rotatable bonds is 42. The highest BCUT2D eigenvalue weighted by molar-refractivity contribution is 5.71. The van der Waals surface area contributed by atoms with Crippen molar-refractivity contribution in [3.8, 4) is 0 Å². The summed E-state index contributed by atoms with van der Waals surface area (Å²) in [6, 6.07) is 0. The minimum absolute atomic E-state index is 0.141. The molecule has 0 aliphatic carbocycles. The lowest BCUT2D eigenvalue weighted by Crippen LogP contribution is -2.30. The first kappa shape index (κ1) is 60.0. The van der Waals surface area contributed by atoms with E-state index in [0.717, 1.165) is 70.6 Å². The molecule has 0 rings (SSSR count). The van der Waals surface area contributed by atoms with Gasteiger partial charge in [0.05, 0.1) is 0 Å². The lowest BCUT2D eigenvalue weighted by Gasteiger charge is -2.18. The molecule has 0 aromatic heterocycles. The summed E-state index contributed by atoms with van der Waals surface area (Å²) in [5.74, 6) is -1.09. The summed E-state index contributed by atoms with van der Waals surface area (Å²) in [4.78, 5) is 37.9. The van der Waals surface area contributed by atoms with Crippen LogP contribution >= 0.6 is 0 Å². The van der Waals surface area contributed by atoms with E-state index >= 15 is 0 Å². The summed E-state index contributed by atoms with van der Waals surface area (Å²) in [7, 11) is 0.